The molecule has 0 rings (SSSR count). The first-order chi connectivity index (χ1) is 5.00. The minimum Gasteiger partial charge on any atom is -1.00 e. The Labute approximate surface area is 127 Å². The van der Waals surface area contributed by atoms with Gasteiger partial charge in [-0.15, -0.1) is 0 Å². The van der Waals surface area contributed by atoms with Crippen LogP contribution in [0.2, 0.25) is 0 Å². The van der Waals surface area contributed by atoms with E-state index < -0.39 is 5.24 Å². The Morgan fingerprint density at radius 1 is 1.50 bits per heavy atom. The number of hydrogen-bond acceptors (Lipinski definition) is 2. The van der Waals surface area contributed by atoms with Crippen molar-refractivity contribution in [2.75, 3.05) is 6.54 Å². The zero-order chi connectivity index (χ0) is 9.28. The van der Waals surface area contributed by atoms with Crippen LogP contribution in [0.5, 0.6) is 0 Å². The van der Waals surface area contributed by atoms with Gasteiger partial charge in [-0.3, -0.25) is 9.59 Å². The smallest absolute Gasteiger partial charge is 1.00 e. The molecular weight excluding hydrogens is 223 g/mol. The Bertz CT molecular complexity index is 136. The normalized spacial score (nSPS) is 6.92. The summed E-state index contributed by atoms with van der Waals surface area (Å²) in [5, 5.41) is 1.63. The molecule has 0 saturated carbocycles. The van der Waals surface area contributed by atoms with Crippen molar-refractivity contribution in [3.05, 3.63) is 0 Å². The number of amides is 2. The van der Waals surface area contributed by atoms with Gasteiger partial charge in [0.25, 0.3) is 10.5 Å². The van der Waals surface area contributed by atoms with Gasteiger partial charge in [0.05, 0.1) is 0 Å². The molecule has 0 fully saturated rings. The van der Waals surface area contributed by atoms with Crippen molar-refractivity contribution in [3.63, 3.8) is 0 Å². The summed E-state index contributed by atoms with van der Waals surface area (Å²) in [6, 6.07) is 0. The van der Waals surface area contributed by atoms with Crippen LogP contribution < -0.4 is 62.4 Å². The molecule has 0 atom stereocenters. The molecule has 0 unspecified atom stereocenters. The first-order valence-corrected chi connectivity index (χ1v) is 3.85. The Balaban J connectivity index is -0.0000000600. The number of carbonyl (C=O) groups is 2. The van der Waals surface area contributed by atoms with Gasteiger partial charge >= 0.3 is 51.4 Å². The molecule has 0 aliphatic rings. The summed E-state index contributed by atoms with van der Waals surface area (Å²) in [7, 11) is 0. The summed E-state index contributed by atoms with van der Waals surface area (Å²) >= 11 is 6.59. The topological polar surface area (TPSA) is 72.2 Å². The number of rotatable bonds is 2. The van der Waals surface area contributed by atoms with Gasteiger partial charge < -0.3 is 12.5 Å². The molecule has 3 N–H and O–H groups in total. The molecule has 12 heavy (non-hydrogen) atoms. The van der Waals surface area contributed by atoms with Crippen LogP contribution in [0.3, 0.4) is 0 Å². The van der Waals surface area contributed by atoms with Crippen molar-refractivity contribution >= 4 is 35.7 Å². The quantitative estimate of drug-likeness (QED) is 0.336. The fourth-order valence-electron chi connectivity index (χ4n) is 0.232. The van der Waals surface area contributed by atoms with Crippen molar-refractivity contribution in [3.8, 4) is 0 Å². The second-order valence-corrected chi connectivity index (χ2v) is 2.42. The average Bonchev–Trinajstić information content (AvgIpc) is 1.82. The summed E-state index contributed by atoms with van der Waals surface area (Å²) in [6.07, 6.45) is 0.965. The summed E-state index contributed by atoms with van der Waals surface area (Å²) in [5.74, 6) is 0. The van der Waals surface area contributed by atoms with Crippen molar-refractivity contribution in [2.24, 2.45) is 5.73 Å². The molecule has 0 heterocycles. The minimum absolute atomic E-state index is 0. The van der Waals surface area contributed by atoms with Crippen LogP contribution in [0.25, 0.3) is 0 Å². The van der Waals surface area contributed by atoms with Crippen molar-refractivity contribution in [2.45, 2.75) is 13.3 Å². The Hall–Kier alpha value is 1.28. The molecule has 4 nitrogen and oxygen atoms in total. The molecule has 68 valence electrons. The van der Waals surface area contributed by atoms with E-state index in [1.54, 1.807) is 0 Å². The van der Waals surface area contributed by atoms with E-state index >= 15 is 0 Å². The molecule has 0 radical (unpaired) electrons. The van der Waals surface area contributed by atoms with Crippen molar-refractivity contribution in [1.29, 1.82) is 0 Å². The van der Waals surface area contributed by atoms with E-state index in [2.05, 4.69) is 36.3 Å². The summed E-state index contributed by atoms with van der Waals surface area (Å²) < 4.78 is 0. The SMILES string of the molecule is CCCNC(=O)S.NC(=O)S.[H-].[K+]. The molecule has 0 aromatic heterocycles. The van der Waals surface area contributed by atoms with Crippen molar-refractivity contribution < 1.29 is 62.4 Å². The van der Waals surface area contributed by atoms with E-state index in [9.17, 15) is 4.79 Å². The zero-order valence-corrected chi connectivity index (χ0v) is 12.1. The fourth-order valence-corrected chi connectivity index (χ4v) is 0.344. The number of hydrogen-bond donors (Lipinski definition) is 4. The maximum absolute atomic E-state index is 9.96. The minimum atomic E-state index is -0.639. The van der Waals surface area contributed by atoms with E-state index in [4.69, 9.17) is 4.79 Å². The van der Waals surface area contributed by atoms with E-state index in [-0.39, 0.29) is 58.1 Å². The Morgan fingerprint density at radius 3 is 1.92 bits per heavy atom. The number of thiol groups is 2. The number of carbonyl (C=O) groups excluding carboxylic acids is 2. The van der Waals surface area contributed by atoms with Crippen LogP contribution >= 0.6 is 25.3 Å². The third-order valence-corrected chi connectivity index (χ3v) is 0.684. The van der Waals surface area contributed by atoms with E-state index in [1.807, 2.05) is 6.92 Å². The predicted molar refractivity (Wildman–Crippen MR) is 52.4 cm³/mol. The monoisotopic (exact) mass is 236 g/mol. The van der Waals surface area contributed by atoms with Crippen LogP contribution in [-0.4, -0.2) is 17.0 Å². The van der Waals surface area contributed by atoms with Gasteiger partial charge in [0, 0.05) is 6.54 Å². The predicted octanol–water partition coefficient (Wildman–Crippen LogP) is -1.85. The first-order valence-electron chi connectivity index (χ1n) is 2.95. The molecule has 2 amide bonds. The van der Waals surface area contributed by atoms with Crippen LogP contribution in [-0.2, 0) is 0 Å². The molecule has 0 saturated heterocycles. The molecule has 0 aliphatic heterocycles. The van der Waals surface area contributed by atoms with Crippen LogP contribution in [0, 0.1) is 0 Å². The van der Waals surface area contributed by atoms with Crippen molar-refractivity contribution in [1.82, 2.24) is 5.32 Å². The van der Waals surface area contributed by atoms with Gasteiger partial charge in [0.15, 0.2) is 0 Å². The van der Waals surface area contributed by atoms with Gasteiger partial charge in [0.1, 0.15) is 0 Å². The average molecular weight is 236 g/mol. The second kappa shape index (κ2) is 14.8. The molecule has 0 spiro atoms. The first kappa shape index (κ1) is 18.9. The van der Waals surface area contributed by atoms with E-state index in [0.717, 1.165) is 13.0 Å². The molecule has 7 heteroatoms. The van der Waals surface area contributed by atoms with Gasteiger partial charge in [-0.05, 0) is 6.42 Å². The second-order valence-electron chi connectivity index (χ2n) is 1.57. The molecule has 0 aromatic rings. The molecule has 0 bridgehead atoms. The van der Waals surface area contributed by atoms with Gasteiger partial charge in [-0.25, -0.2) is 0 Å². The van der Waals surface area contributed by atoms with Gasteiger partial charge in [-0.2, -0.15) is 0 Å². The third kappa shape index (κ3) is 42.8. The fraction of sp³-hybridized carbons (Fsp3) is 0.600. The van der Waals surface area contributed by atoms with Gasteiger partial charge in [0.2, 0.25) is 0 Å². The maximum Gasteiger partial charge on any atom is 1.00 e. The number of primary amides is 1. The zero-order valence-electron chi connectivity index (χ0n) is 8.20. The van der Waals surface area contributed by atoms with Crippen LogP contribution in [0.15, 0.2) is 0 Å². The molecule has 0 aliphatic carbocycles. The summed E-state index contributed by atoms with van der Waals surface area (Å²) in [5.41, 5.74) is 4.34. The standard InChI is InChI=1S/C4H9NOS.CH3NOS.K.H/c1-2-3-5-4(6)7;2-1(3)4;;/h2-3H2,1H3,(H2,5,6,7);(H3,2,3,4);;/q;;+1;-1. The van der Waals surface area contributed by atoms with Gasteiger partial charge in [-0.1, -0.05) is 32.2 Å². The van der Waals surface area contributed by atoms with Crippen LogP contribution in [0.1, 0.15) is 14.8 Å². The molecule has 0 aromatic carbocycles. The number of nitrogens with two attached hydrogens (primary N) is 1. The van der Waals surface area contributed by atoms with E-state index in [1.165, 1.54) is 0 Å². The summed E-state index contributed by atoms with van der Waals surface area (Å²) in [4.78, 5) is 19.0. The van der Waals surface area contributed by atoms with Crippen LogP contribution in [0.4, 0.5) is 9.59 Å². The Morgan fingerprint density at radius 2 is 1.83 bits per heavy atom. The maximum atomic E-state index is 9.96. The van der Waals surface area contributed by atoms with E-state index in [0.29, 0.717) is 0 Å². The largest absolute Gasteiger partial charge is 1.00 e. The third-order valence-electron chi connectivity index (χ3n) is 0.526. The number of nitrogens with one attached hydrogen (secondary N) is 1. The summed E-state index contributed by atoms with van der Waals surface area (Å²) in [6.45, 7) is 2.71. The molecular formula is C5H13KN2O2S2. The Kier molecular flexibility index (Phi) is 23.3.